The SMILES string of the molecule is CC[SiH](CC)C(C)[Si](CC)(CC)CC. The first-order valence-corrected chi connectivity index (χ1v) is 11.6. The van der Waals surface area contributed by atoms with Crippen molar-refractivity contribution in [1.82, 2.24) is 0 Å². The van der Waals surface area contributed by atoms with Crippen LogP contribution in [-0.2, 0) is 0 Å². The minimum atomic E-state index is -0.864. The lowest BCUT2D eigenvalue weighted by Crippen LogP contribution is -2.43. The van der Waals surface area contributed by atoms with Crippen molar-refractivity contribution in [1.29, 1.82) is 0 Å². The van der Waals surface area contributed by atoms with E-state index in [0.717, 1.165) is 5.16 Å². The second-order valence-electron chi connectivity index (χ2n) is 4.79. The number of hydrogen-bond acceptors (Lipinski definition) is 0. The molecule has 0 aliphatic carbocycles. The fourth-order valence-corrected chi connectivity index (χ4v) is 16.2. The lowest BCUT2D eigenvalue weighted by atomic mass is 10.9. The van der Waals surface area contributed by atoms with Gasteiger partial charge in [0.05, 0.1) is 8.07 Å². The van der Waals surface area contributed by atoms with E-state index in [9.17, 15) is 0 Å². The summed E-state index contributed by atoms with van der Waals surface area (Å²) < 4.78 is 0. The minimum Gasteiger partial charge on any atom is -0.0680 e. The van der Waals surface area contributed by atoms with Crippen molar-refractivity contribution in [2.75, 3.05) is 0 Å². The van der Waals surface area contributed by atoms with Crippen LogP contribution < -0.4 is 0 Å². The van der Waals surface area contributed by atoms with E-state index in [1.54, 1.807) is 0 Å². The van der Waals surface area contributed by atoms with Crippen LogP contribution in [0.25, 0.3) is 0 Å². The predicted molar refractivity (Wildman–Crippen MR) is 74.7 cm³/mol. The van der Waals surface area contributed by atoms with Gasteiger partial charge in [0.1, 0.15) is 0 Å². The van der Waals surface area contributed by atoms with Crippen LogP contribution in [0.5, 0.6) is 0 Å². The van der Waals surface area contributed by atoms with Crippen LogP contribution in [0.4, 0.5) is 0 Å². The highest BCUT2D eigenvalue weighted by Gasteiger charge is 2.36. The third-order valence-electron chi connectivity index (χ3n) is 4.83. The molecule has 0 rings (SSSR count). The molecule has 0 bridgehead atoms. The highest BCUT2D eigenvalue weighted by Crippen LogP contribution is 2.36. The third kappa shape index (κ3) is 2.96. The molecule has 2 heteroatoms. The summed E-state index contributed by atoms with van der Waals surface area (Å²) in [6.07, 6.45) is 0. The monoisotopic (exact) mass is 230 g/mol. The fourth-order valence-electron chi connectivity index (χ4n) is 3.21. The molecule has 0 spiro atoms. The summed E-state index contributed by atoms with van der Waals surface area (Å²) in [6.45, 7) is 14.8. The summed E-state index contributed by atoms with van der Waals surface area (Å²) in [5.41, 5.74) is 0. The van der Waals surface area contributed by atoms with Crippen LogP contribution in [0, 0.1) is 0 Å². The molecule has 0 aliphatic heterocycles. The zero-order chi connectivity index (χ0) is 11.2. The van der Waals surface area contributed by atoms with Gasteiger partial charge in [-0.05, 0) is 0 Å². The van der Waals surface area contributed by atoms with Crippen LogP contribution in [0.15, 0.2) is 0 Å². The van der Waals surface area contributed by atoms with Crippen LogP contribution in [0.3, 0.4) is 0 Å². The molecular formula is C12H30Si2. The molecule has 0 saturated heterocycles. The van der Waals surface area contributed by atoms with Gasteiger partial charge in [-0.1, -0.05) is 76.9 Å². The normalized spacial score (nSPS) is 14.8. The van der Waals surface area contributed by atoms with Gasteiger partial charge in [-0.25, -0.2) is 0 Å². The highest BCUT2D eigenvalue weighted by atomic mass is 28.4. The van der Waals surface area contributed by atoms with Crippen LogP contribution in [0.2, 0.25) is 35.4 Å². The number of rotatable bonds is 7. The quantitative estimate of drug-likeness (QED) is 0.557. The number of hydrogen-bond donors (Lipinski definition) is 0. The van der Waals surface area contributed by atoms with Gasteiger partial charge in [0, 0.05) is 8.80 Å². The Morgan fingerprint density at radius 1 is 0.857 bits per heavy atom. The Bertz CT molecular complexity index is 129. The molecule has 0 fully saturated rings. The summed E-state index contributed by atoms with van der Waals surface area (Å²) in [5, 5.41) is 1.16. The first-order valence-electron chi connectivity index (χ1n) is 6.61. The average Bonchev–Trinajstić information content (AvgIpc) is 2.23. The molecular weight excluding hydrogens is 200 g/mol. The van der Waals surface area contributed by atoms with Gasteiger partial charge >= 0.3 is 0 Å². The van der Waals surface area contributed by atoms with Crippen molar-refractivity contribution < 1.29 is 0 Å². The molecule has 0 nitrogen and oxygen atoms in total. The standard InChI is InChI=1S/C12H30Si2/c1-7-13(8-2)12(6)14(9-3,10-4)11-5/h12-13H,7-11H2,1-6H3. The van der Waals surface area contributed by atoms with Gasteiger partial charge in [-0.3, -0.25) is 0 Å². The van der Waals surface area contributed by atoms with Crippen molar-refractivity contribution >= 4 is 16.9 Å². The maximum Gasteiger partial charge on any atom is 0.0527 e. The fraction of sp³-hybridized carbons (Fsp3) is 1.00. The molecule has 0 aromatic heterocycles. The molecule has 0 amide bonds. The Morgan fingerprint density at radius 3 is 1.43 bits per heavy atom. The summed E-state index contributed by atoms with van der Waals surface area (Å²) in [4.78, 5) is 0. The molecule has 0 aliphatic rings. The van der Waals surface area contributed by atoms with E-state index in [4.69, 9.17) is 0 Å². The molecule has 0 N–H and O–H groups in total. The molecule has 0 saturated carbocycles. The highest BCUT2D eigenvalue weighted by molar-refractivity contribution is 6.91. The van der Waals surface area contributed by atoms with Gasteiger partial charge < -0.3 is 0 Å². The van der Waals surface area contributed by atoms with Gasteiger partial charge in [0.15, 0.2) is 0 Å². The van der Waals surface area contributed by atoms with E-state index in [1.165, 1.54) is 30.2 Å². The van der Waals surface area contributed by atoms with E-state index in [-0.39, 0.29) is 0 Å². The molecule has 0 radical (unpaired) electrons. The zero-order valence-electron chi connectivity index (χ0n) is 11.2. The summed E-state index contributed by atoms with van der Waals surface area (Å²) in [6, 6.07) is 7.60. The van der Waals surface area contributed by atoms with Gasteiger partial charge in [-0.2, -0.15) is 0 Å². The van der Waals surface area contributed by atoms with E-state index >= 15 is 0 Å². The second kappa shape index (κ2) is 6.83. The smallest absolute Gasteiger partial charge is 0.0527 e. The van der Waals surface area contributed by atoms with E-state index in [2.05, 4.69) is 41.5 Å². The molecule has 1 unspecified atom stereocenters. The van der Waals surface area contributed by atoms with Gasteiger partial charge in [-0.15, -0.1) is 0 Å². The van der Waals surface area contributed by atoms with Crippen LogP contribution in [-0.4, -0.2) is 16.9 Å². The topological polar surface area (TPSA) is 0 Å². The lowest BCUT2D eigenvalue weighted by Gasteiger charge is -2.38. The van der Waals surface area contributed by atoms with Crippen molar-refractivity contribution in [2.45, 2.75) is 76.9 Å². The Hall–Kier alpha value is 0.434. The van der Waals surface area contributed by atoms with Gasteiger partial charge in [0.2, 0.25) is 0 Å². The molecule has 86 valence electrons. The maximum absolute atomic E-state index is 2.60. The third-order valence-corrected chi connectivity index (χ3v) is 18.0. The van der Waals surface area contributed by atoms with Crippen LogP contribution >= 0.6 is 0 Å². The minimum absolute atomic E-state index is 0.402. The summed E-state index contributed by atoms with van der Waals surface area (Å²) in [7, 11) is -1.27. The summed E-state index contributed by atoms with van der Waals surface area (Å²) in [5.74, 6) is 0. The summed E-state index contributed by atoms with van der Waals surface area (Å²) >= 11 is 0. The van der Waals surface area contributed by atoms with Gasteiger partial charge in [0.25, 0.3) is 0 Å². The van der Waals surface area contributed by atoms with Crippen LogP contribution in [0.1, 0.15) is 41.5 Å². The Kier molecular flexibility index (Phi) is 7.04. The van der Waals surface area contributed by atoms with Crippen molar-refractivity contribution in [3.8, 4) is 0 Å². The van der Waals surface area contributed by atoms with E-state index in [0.29, 0.717) is 0 Å². The van der Waals surface area contributed by atoms with E-state index < -0.39 is 16.9 Å². The molecule has 0 heterocycles. The van der Waals surface area contributed by atoms with E-state index in [1.807, 2.05) is 0 Å². The maximum atomic E-state index is 2.60. The first-order chi connectivity index (χ1) is 6.61. The van der Waals surface area contributed by atoms with Crippen molar-refractivity contribution in [3.63, 3.8) is 0 Å². The molecule has 0 aromatic rings. The van der Waals surface area contributed by atoms with Crippen molar-refractivity contribution in [3.05, 3.63) is 0 Å². The molecule has 14 heavy (non-hydrogen) atoms. The molecule has 0 aromatic carbocycles. The Balaban J connectivity index is 4.63. The Labute approximate surface area is 94.1 Å². The first kappa shape index (κ1) is 14.4. The molecule has 1 atom stereocenters. The Morgan fingerprint density at radius 2 is 1.21 bits per heavy atom. The average molecular weight is 231 g/mol. The predicted octanol–water partition coefficient (Wildman–Crippen LogP) is 4.69. The second-order valence-corrected chi connectivity index (χ2v) is 15.4. The lowest BCUT2D eigenvalue weighted by molar-refractivity contribution is 1.03. The largest absolute Gasteiger partial charge is 0.0680 e. The van der Waals surface area contributed by atoms with Crippen molar-refractivity contribution in [2.24, 2.45) is 0 Å². The zero-order valence-corrected chi connectivity index (χ0v) is 13.3.